The number of rotatable bonds is 1. The lowest BCUT2D eigenvalue weighted by Gasteiger charge is -1.91. The molecule has 0 spiro atoms. The van der Waals surface area contributed by atoms with E-state index in [2.05, 4.69) is 4.98 Å². The first kappa shape index (κ1) is 14.0. The van der Waals surface area contributed by atoms with Gasteiger partial charge in [0.2, 0.25) is 5.91 Å². The van der Waals surface area contributed by atoms with Gasteiger partial charge in [0.25, 0.3) is 0 Å². The van der Waals surface area contributed by atoms with Crippen LogP contribution in [-0.4, -0.2) is 10.9 Å². The Hall–Kier alpha value is -0.510. The van der Waals surface area contributed by atoms with Crippen molar-refractivity contribution in [3.63, 3.8) is 0 Å². The van der Waals surface area contributed by atoms with Gasteiger partial charge >= 0.3 is 0 Å². The Morgan fingerprint density at radius 1 is 1.42 bits per heavy atom. The molecule has 2 N–H and O–H groups in total. The van der Waals surface area contributed by atoms with Crippen LogP contribution in [0.15, 0.2) is 18.3 Å². The fourth-order valence-corrected chi connectivity index (χ4v) is 0.633. The fourth-order valence-electron chi connectivity index (χ4n) is 0.522. The van der Waals surface area contributed by atoms with Crippen molar-refractivity contribution in [3.8, 4) is 0 Å². The number of halogens is 3. The molecule has 0 saturated heterocycles. The minimum absolute atomic E-state index is 0. The summed E-state index contributed by atoms with van der Waals surface area (Å²) in [4.78, 5) is 14.1. The standard InChI is InChI=1S/C6H5ClN2O.2ClH/c7-5-2-1-4(3-9-5)6(8)10;;/h1-3H,(H2,8,10);2*1H. The molecule has 0 atom stereocenters. The minimum Gasteiger partial charge on any atom is -0.366 e. The maximum absolute atomic E-state index is 10.5. The summed E-state index contributed by atoms with van der Waals surface area (Å²) in [5, 5.41) is 0.352. The van der Waals surface area contributed by atoms with E-state index in [1.54, 1.807) is 0 Å². The number of hydrogen-bond acceptors (Lipinski definition) is 2. The first-order valence-corrected chi connectivity index (χ1v) is 2.99. The summed E-state index contributed by atoms with van der Waals surface area (Å²) >= 11 is 5.45. The number of pyridine rings is 1. The third-order valence-corrected chi connectivity index (χ3v) is 1.24. The first-order valence-electron chi connectivity index (χ1n) is 2.61. The molecule has 68 valence electrons. The summed E-state index contributed by atoms with van der Waals surface area (Å²) in [6, 6.07) is 3.04. The quantitative estimate of drug-likeness (QED) is 0.745. The summed E-state index contributed by atoms with van der Waals surface area (Å²) in [5.41, 5.74) is 5.31. The van der Waals surface area contributed by atoms with Gasteiger partial charge in [-0.2, -0.15) is 0 Å². The van der Waals surface area contributed by atoms with Crippen LogP contribution in [0.25, 0.3) is 0 Å². The maximum atomic E-state index is 10.5. The summed E-state index contributed by atoms with van der Waals surface area (Å²) in [6.07, 6.45) is 1.34. The van der Waals surface area contributed by atoms with E-state index in [9.17, 15) is 4.79 Å². The van der Waals surface area contributed by atoms with Gasteiger partial charge < -0.3 is 5.73 Å². The molecule has 0 fully saturated rings. The van der Waals surface area contributed by atoms with Crippen LogP contribution in [-0.2, 0) is 0 Å². The molecule has 0 aliphatic carbocycles. The van der Waals surface area contributed by atoms with Gasteiger partial charge in [0, 0.05) is 6.20 Å². The summed E-state index contributed by atoms with van der Waals surface area (Å²) in [7, 11) is 0. The highest BCUT2D eigenvalue weighted by Gasteiger charge is 1.97. The Morgan fingerprint density at radius 2 is 2.00 bits per heavy atom. The lowest BCUT2D eigenvalue weighted by Crippen LogP contribution is -2.10. The molecule has 1 aromatic rings. The molecule has 12 heavy (non-hydrogen) atoms. The van der Waals surface area contributed by atoms with E-state index in [-0.39, 0.29) is 24.8 Å². The highest BCUT2D eigenvalue weighted by atomic mass is 35.5. The van der Waals surface area contributed by atoms with Crippen LogP contribution < -0.4 is 5.73 Å². The zero-order valence-corrected chi connectivity index (χ0v) is 8.25. The van der Waals surface area contributed by atoms with Gasteiger partial charge in [0.05, 0.1) is 5.56 Å². The van der Waals surface area contributed by atoms with Gasteiger partial charge in [-0.15, -0.1) is 24.8 Å². The number of nitrogens with zero attached hydrogens (tertiary/aromatic N) is 1. The molecule has 3 nitrogen and oxygen atoms in total. The predicted octanol–water partition coefficient (Wildman–Crippen LogP) is 1.68. The maximum Gasteiger partial charge on any atom is 0.250 e. The smallest absolute Gasteiger partial charge is 0.250 e. The van der Waals surface area contributed by atoms with Gasteiger partial charge in [-0.1, -0.05) is 11.6 Å². The zero-order valence-electron chi connectivity index (χ0n) is 5.86. The second-order valence-corrected chi connectivity index (χ2v) is 2.12. The van der Waals surface area contributed by atoms with Crippen LogP contribution >= 0.6 is 36.4 Å². The van der Waals surface area contributed by atoms with Crippen molar-refractivity contribution in [2.75, 3.05) is 0 Å². The Kier molecular flexibility index (Phi) is 7.09. The van der Waals surface area contributed by atoms with E-state index in [4.69, 9.17) is 17.3 Å². The molecule has 0 aromatic carbocycles. The lowest BCUT2D eigenvalue weighted by atomic mass is 10.3. The van der Waals surface area contributed by atoms with Crippen molar-refractivity contribution in [2.24, 2.45) is 5.73 Å². The largest absolute Gasteiger partial charge is 0.366 e. The average molecular weight is 229 g/mol. The number of amides is 1. The third kappa shape index (κ3) is 3.76. The van der Waals surface area contributed by atoms with E-state index in [0.29, 0.717) is 10.7 Å². The second-order valence-electron chi connectivity index (χ2n) is 1.73. The topological polar surface area (TPSA) is 56.0 Å². The van der Waals surface area contributed by atoms with Crippen LogP contribution in [0.2, 0.25) is 5.15 Å². The molecular weight excluding hydrogens is 222 g/mol. The van der Waals surface area contributed by atoms with E-state index in [1.807, 2.05) is 0 Å². The van der Waals surface area contributed by atoms with Crippen molar-refractivity contribution in [1.82, 2.24) is 4.98 Å². The van der Waals surface area contributed by atoms with Crippen molar-refractivity contribution in [2.45, 2.75) is 0 Å². The summed E-state index contributed by atoms with van der Waals surface area (Å²) in [5.74, 6) is -0.496. The molecular formula is C6H7Cl3N2O. The van der Waals surface area contributed by atoms with Crippen molar-refractivity contribution < 1.29 is 4.79 Å². The highest BCUT2D eigenvalue weighted by molar-refractivity contribution is 6.29. The zero-order chi connectivity index (χ0) is 7.56. The fraction of sp³-hybridized carbons (Fsp3) is 0. The monoisotopic (exact) mass is 228 g/mol. The normalized spacial score (nSPS) is 7.75. The summed E-state index contributed by atoms with van der Waals surface area (Å²) in [6.45, 7) is 0. The average Bonchev–Trinajstić information content (AvgIpc) is 1.88. The van der Waals surface area contributed by atoms with Crippen LogP contribution in [0.4, 0.5) is 0 Å². The highest BCUT2D eigenvalue weighted by Crippen LogP contribution is 2.03. The molecule has 0 unspecified atom stereocenters. The van der Waals surface area contributed by atoms with Gasteiger partial charge in [0.1, 0.15) is 5.15 Å². The third-order valence-electron chi connectivity index (χ3n) is 1.01. The van der Waals surface area contributed by atoms with E-state index in [0.717, 1.165) is 0 Å². The number of aromatic nitrogens is 1. The van der Waals surface area contributed by atoms with E-state index < -0.39 is 5.91 Å². The van der Waals surface area contributed by atoms with E-state index in [1.165, 1.54) is 18.3 Å². The first-order chi connectivity index (χ1) is 4.70. The second kappa shape index (κ2) is 6.06. The number of carbonyl (C=O) groups is 1. The van der Waals surface area contributed by atoms with Gasteiger partial charge in [0.15, 0.2) is 0 Å². The van der Waals surface area contributed by atoms with Crippen molar-refractivity contribution in [1.29, 1.82) is 0 Å². The van der Waals surface area contributed by atoms with Crippen LogP contribution in [0.1, 0.15) is 10.4 Å². The molecule has 0 saturated carbocycles. The molecule has 1 heterocycles. The molecule has 6 heteroatoms. The van der Waals surface area contributed by atoms with Gasteiger partial charge in [-0.05, 0) is 12.1 Å². The molecule has 0 radical (unpaired) electrons. The van der Waals surface area contributed by atoms with Crippen molar-refractivity contribution >= 4 is 42.3 Å². The van der Waals surface area contributed by atoms with Crippen LogP contribution in [0.3, 0.4) is 0 Å². The molecule has 1 amide bonds. The number of primary amides is 1. The van der Waals surface area contributed by atoms with Crippen molar-refractivity contribution in [3.05, 3.63) is 29.0 Å². The number of hydrogen-bond donors (Lipinski definition) is 1. The molecule has 0 bridgehead atoms. The SMILES string of the molecule is Cl.Cl.NC(=O)c1ccc(Cl)nc1. The number of nitrogens with two attached hydrogens (primary N) is 1. The molecule has 0 aliphatic heterocycles. The molecule has 1 aromatic heterocycles. The minimum atomic E-state index is -0.496. The van der Waals surface area contributed by atoms with Gasteiger partial charge in [-0.25, -0.2) is 4.98 Å². The number of carbonyl (C=O) groups excluding carboxylic acids is 1. The summed E-state index contributed by atoms with van der Waals surface area (Å²) < 4.78 is 0. The van der Waals surface area contributed by atoms with Crippen LogP contribution in [0.5, 0.6) is 0 Å². The van der Waals surface area contributed by atoms with Crippen LogP contribution in [0, 0.1) is 0 Å². The lowest BCUT2D eigenvalue weighted by molar-refractivity contribution is 0.1000. The molecule has 1 rings (SSSR count). The predicted molar refractivity (Wildman–Crippen MR) is 52.3 cm³/mol. The molecule has 0 aliphatic rings. The Bertz CT molecular complexity index is 249. The van der Waals surface area contributed by atoms with E-state index >= 15 is 0 Å². The van der Waals surface area contributed by atoms with Gasteiger partial charge in [-0.3, -0.25) is 4.79 Å². The Labute approximate surface area is 87.1 Å². The Morgan fingerprint density at radius 3 is 2.33 bits per heavy atom. The Balaban J connectivity index is 0.